The molecule has 0 aliphatic heterocycles. The van der Waals surface area contributed by atoms with Crippen LogP contribution in [0.5, 0.6) is 0 Å². The van der Waals surface area contributed by atoms with Crippen molar-refractivity contribution < 1.29 is 0 Å². The van der Waals surface area contributed by atoms with Crippen LogP contribution in [0.1, 0.15) is 0 Å². The van der Waals surface area contributed by atoms with Crippen LogP contribution < -0.4 is 11.5 Å². The molecular formula is C27H23N5. The average Bonchev–Trinajstić information content (AvgIpc) is 2.87. The largest absolute Gasteiger partial charge is 0.399 e. The van der Waals surface area contributed by atoms with Crippen molar-refractivity contribution in [3.63, 3.8) is 0 Å². The number of hydrogen-bond donors (Lipinski definition) is 2. The molecule has 0 radical (unpaired) electrons. The molecule has 0 unspecified atom stereocenters. The molecule has 4 aromatic carbocycles. The minimum absolute atomic E-state index is 0.758. The fourth-order valence-corrected chi connectivity index (χ4v) is 3.55. The molecule has 156 valence electrons. The van der Waals surface area contributed by atoms with Crippen LogP contribution in [0.2, 0.25) is 0 Å². The van der Waals surface area contributed by atoms with E-state index in [9.17, 15) is 0 Å². The normalized spacial score (nSPS) is 10.1. The van der Waals surface area contributed by atoms with E-state index < -0.39 is 0 Å². The van der Waals surface area contributed by atoms with Gasteiger partial charge in [-0.05, 0) is 46.0 Å². The summed E-state index contributed by atoms with van der Waals surface area (Å²) in [6.07, 6.45) is 4.49. The molecule has 32 heavy (non-hydrogen) atoms. The second-order valence-corrected chi connectivity index (χ2v) is 7.10. The Hall–Kier alpha value is -4.51. The monoisotopic (exact) mass is 417 g/mol. The maximum Gasteiger partial charge on any atom is 0.138 e. The maximum atomic E-state index is 6.44. The maximum absolute atomic E-state index is 6.44. The number of benzene rings is 4. The van der Waals surface area contributed by atoms with Crippen LogP contribution in [0.4, 0.5) is 11.4 Å². The molecule has 5 heteroatoms. The minimum atomic E-state index is 0.758. The number of nitrogens with two attached hydrogens (primary N) is 2. The van der Waals surface area contributed by atoms with Crippen molar-refractivity contribution in [3.05, 3.63) is 116 Å². The van der Waals surface area contributed by atoms with E-state index in [1.54, 1.807) is 6.20 Å². The quantitative estimate of drug-likeness (QED) is 0.366. The van der Waals surface area contributed by atoms with Gasteiger partial charge in [-0.1, -0.05) is 78.9 Å². The minimum Gasteiger partial charge on any atom is -0.399 e. The third kappa shape index (κ3) is 4.79. The van der Waals surface area contributed by atoms with Crippen molar-refractivity contribution in [1.29, 1.82) is 0 Å². The number of anilines is 2. The van der Waals surface area contributed by atoms with E-state index in [-0.39, 0.29) is 0 Å². The van der Waals surface area contributed by atoms with Crippen LogP contribution >= 0.6 is 0 Å². The fraction of sp³-hybridized carbons (Fsp3) is 0. The number of aromatic nitrogens is 3. The molecule has 0 saturated heterocycles. The Morgan fingerprint density at radius 3 is 1.62 bits per heavy atom. The number of nitrogen functional groups attached to an aromatic ring is 2. The molecule has 0 aliphatic carbocycles. The van der Waals surface area contributed by atoms with E-state index in [2.05, 4.69) is 69.8 Å². The Morgan fingerprint density at radius 1 is 0.500 bits per heavy atom. The van der Waals surface area contributed by atoms with Gasteiger partial charge in [-0.2, -0.15) is 5.10 Å². The molecule has 0 spiro atoms. The van der Waals surface area contributed by atoms with Gasteiger partial charge in [0.1, 0.15) is 6.33 Å². The highest BCUT2D eigenvalue weighted by atomic mass is 15.1. The summed E-state index contributed by atoms with van der Waals surface area (Å²) in [4.78, 5) is 3.61. The van der Waals surface area contributed by atoms with E-state index in [0.717, 1.165) is 44.8 Å². The molecule has 5 nitrogen and oxygen atoms in total. The van der Waals surface area contributed by atoms with Crippen LogP contribution in [0.3, 0.4) is 0 Å². The molecule has 5 rings (SSSR count). The predicted octanol–water partition coefficient (Wildman–Crippen LogP) is 5.72. The Kier molecular flexibility index (Phi) is 6.48. The first-order valence-electron chi connectivity index (χ1n) is 10.2. The van der Waals surface area contributed by atoms with Crippen LogP contribution in [0, 0.1) is 0 Å². The molecule has 0 fully saturated rings. The molecule has 1 heterocycles. The van der Waals surface area contributed by atoms with E-state index in [4.69, 9.17) is 11.5 Å². The standard InChI is InChI=1S/C24H20N2.C3H3N3/c25-20-13-11-17(12-14-20)21-15-16-22(26)24(19-9-5-2-6-10-19)23(21)18-7-3-1-4-8-18;1-2-5-6-3-4-1/h1-16H,25-26H2;1-3H. The lowest BCUT2D eigenvalue weighted by Crippen LogP contribution is -1.96. The van der Waals surface area contributed by atoms with E-state index in [1.165, 1.54) is 12.5 Å². The SMILES string of the molecule is Nc1ccc(-c2ccc(N)c(-c3ccccc3)c2-c2ccccc2)cc1.c1cnncn1. The summed E-state index contributed by atoms with van der Waals surface area (Å²) in [6, 6.07) is 32.8. The first kappa shape index (κ1) is 20.8. The summed E-state index contributed by atoms with van der Waals surface area (Å²) in [5.74, 6) is 0. The van der Waals surface area contributed by atoms with Crippen molar-refractivity contribution in [2.75, 3.05) is 11.5 Å². The summed E-state index contributed by atoms with van der Waals surface area (Å²) >= 11 is 0. The zero-order valence-electron chi connectivity index (χ0n) is 17.5. The average molecular weight is 418 g/mol. The fourth-order valence-electron chi connectivity index (χ4n) is 3.55. The van der Waals surface area contributed by atoms with Gasteiger partial charge in [0.2, 0.25) is 0 Å². The molecule has 0 saturated carbocycles. The zero-order valence-corrected chi connectivity index (χ0v) is 17.5. The molecule has 1 aromatic heterocycles. The first-order chi connectivity index (χ1) is 15.7. The summed E-state index contributed by atoms with van der Waals surface area (Å²) in [7, 11) is 0. The second kappa shape index (κ2) is 10.00. The van der Waals surface area contributed by atoms with Gasteiger partial charge in [0.05, 0.1) is 6.20 Å². The molecule has 0 atom stereocenters. The van der Waals surface area contributed by atoms with Gasteiger partial charge in [0.15, 0.2) is 0 Å². The lowest BCUT2D eigenvalue weighted by molar-refractivity contribution is 0.969. The topological polar surface area (TPSA) is 90.7 Å². The van der Waals surface area contributed by atoms with E-state index >= 15 is 0 Å². The van der Waals surface area contributed by atoms with Crippen molar-refractivity contribution in [3.8, 4) is 33.4 Å². The highest BCUT2D eigenvalue weighted by Crippen LogP contribution is 2.43. The van der Waals surface area contributed by atoms with Crippen LogP contribution in [-0.4, -0.2) is 15.2 Å². The number of hydrogen-bond acceptors (Lipinski definition) is 5. The van der Waals surface area contributed by atoms with Gasteiger partial charge in [-0.15, -0.1) is 5.10 Å². The molecule has 0 amide bonds. The predicted molar refractivity (Wildman–Crippen MR) is 131 cm³/mol. The second-order valence-electron chi connectivity index (χ2n) is 7.10. The Balaban J connectivity index is 0.000000354. The van der Waals surface area contributed by atoms with Gasteiger partial charge >= 0.3 is 0 Å². The Labute approximate surface area is 187 Å². The third-order valence-corrected chi connectivity index (χ3v) is 4.99. The van der Waals surface area contributed by atoms with Crippen molar-refractivity contribution in [1.82, 2.24) is 15.2 Å². The summed E-state index contributed by atoms with van der Waals surface area (Å²) in [5.41, 5.74) is 20.6. The Bertz CT molecular complexity index is 1230. The van der Waals surface area contributed by atoms with Crippen molar-refractivity contribution in [2.24, 2.45) is 0 Å². The third-order valence-electron chi connectivity index (χ3n) is 4.99. The highest BCUT2D eigenvalue weighted by molar-refractivity contribution is 5.99. The lowest BCUT2D eigenvalue weighted by atomic mass is 9.86. The molecule has 5 aromatic rings. The molecule has 4 N–H and O–H groups in total. The number of nitrogens with zero attached hydrogens (tertiary/aromatic N) is 3. The van der Waals surface area contributed by atoms with Crippen LogP contribution in [-0.2, 0) is 0 Å². The van der Waals surface area contributed by atoms with Gasteiger partial charge in [0.25, 0.3) is 0 Å². The summed E-state index contributed by atoms with van der Waals surface area (Å²) in [6.45, 7) is 0. The summed E-state index contributed by atoms with van der Waals surface area (Å²) in [5, 5.41) is 6.90. The molecule has 0 bridgehead atoms. The van der Waals surface area contributed by atoms with E-state index in [0.29, 0.717) is 0 Å². The van der Waals surface area contributed by atoms with Crippen molar-refractivity contribution >= 4 is 11.4 Å². The highest BCUT2D eigenvalue weighted by Gasteiger charge is 2.16. The zero-order chi connectivity index (χ0) is 22.2. The Morgan fingerprint density at radius 2 is 1.12 bits per heavy atom. The lowest BCUT2D eigenvalue weighted by Gasteiger charge is -2.18. The van der Waals surface area contributed by atoms with E-state index in [1.807, 2.05) is 42.5 Å². The van der Waals surface area contributed by atoms with Gasteiger partial charge in [-0.25, -0.2) is 4.98 Å². The van der Waals surface area contributed by atoms with Gasteiger partial charge < -0.3 is 11.5 Å². The van der Waals surface area contributed by atoms with Crippen LogP contribution in [0.15, 0.2) is 116 Å². The summed E-state index contributed by atoms with van der Waals surface area (Å²) < 4.78 is 0. The first-order valence-corrected chi connectivity index (χ1v) is 10.2. The van der Waals surface area contributed by atoms with Crippen molar-refractivity contribution in [2.45, 2.75) is 0 Å². The smallest absolute Gasteiger partial charge is 0.138 e. The molecule has 0 aliphatic rings. The van der Waals surface area contributed by atoms with Gasteiger partial charge in [-0.3, -0.25) is 0 Å². The molecular weight excluding hydrogens is 394 g/mol. The number of rotatable bonds is 3. The van der Waals surface area contributed by atoms with Crippen LogP contribution in [0.25, 0.3) is 33.4 Å². The van der Waals surface area contributed by atoms with Gasteiger partial charge in [0, 0.05) is 23.1 Å².